The number of ether oxygens (including phenoxy) is 1. The molecule has 0 radical (unpaired) electrons. The molecular weight excluding hydrogens is 376 g/mol. The van der Waals surface area contributed by atoms with E-state index in [1.54, 1.807) is 6.26 Å². The Labute approximate surface area is 160 Å². The van der Waals surface area contributed by atoms with Gasteiger partial charge in [0.2, 0.25) is 0 Å². The number of thiol groups is 1. The molecule has 3 rings (SSSR count). The second kappa shape index (κ2) is 8.35. The van der Waals surface area contributed by atoms with Crippen molar-refractivity contribution in [2.24, 2.45) is 0 Å². The van der Waals surface area contributed by atoms with Gasteiger partial charge < -0.3 is 31.1 Å². The Hall–Kier alpha value is -1.99. The van der Waals surface area contributed by atoms with Gasteiger partial charge >= 0.3 is 7.09 Å². The highest BCUT2D eigenvalue weighted by atomic mass is 32.2. The summed E-state index contributed by atoms with van der Waals surface area (Å²) in [6.45, 7) is 0.0188. The lowest BCUT2D eigenvalue weighted by Crippen LogP contribution is -2.45. The molecule has 0 saturated carbocycles. The summed E-state index contributed by atoms with van der Waals surface area (Å²) in [7, 11) is 0. The zero-order chi connectivity index (χ0) is 20.4. The Kier molecular flexibility index (Phi) is 5.69. The van der Waals surface area contributed by atoms with Crippen LogP contribution in [-0.2, 0) is 21.2 Å². The van der Waals surface area contributed by atoms with Crippen molar-refractivity contribution in [2.75, 3.05) is 24.3 Å². The molecule has 27 heavy (non-hydrogen) atoms. The number of aliphatic hydroxyl groups is 2. The molecule has 1 fully saturated rings. The summed E-state index contributed by atoms with van der Waals surface area (Å²) >= 11 is -0.619. The Morgan fingerprint density at radius 1 is 1.48 bits per heavy atom. The molecule has 0 amide bonds. The number of anilines is 1. The van der Waals surface area contributed by atoms with Gasteiger partial charge in [0.1, 0.15) is 42.0 Å². The fourth-order valence-electron chi connectivity index (χ4n) is 2.99. The number of imidazole rings is 1. The Bertz CT molecular complexity index is 838. The van der Waals surface area contributed by atoms with E-state index in [-0.39, 0.29) is 18.8 Å². The number of hydrogen-bond acceptors (Lipinski definition) is 9. The molecule has 11 nitrogen and oxygen atoms in total. The van der Waals surface area contributed by atoms with Crippen molar-refractivity contribution < 1.29 is 24.9 Å². The molecule has 12 heteroatoms. The molecule has 2 aromatic rings. The van der Waals surface area contributed by atoms with Crippen LogP contribution in [0.4, 0.5) is 5.82 Å². The number of carbonyl (C=O) groups is 1. The first kappa shape index (κ1) is 18.4. The van der Waals surface area contributed by atoms with Gasteiger partial charge in [-0.25, -0.2) is 15.0 Å². The van der Waals surface area contributed by atoms with Crippen molar-refractivity contribution in [2.45, 2.75) is 37.0 Å². The fraction of sp³-hybridized carbons (Fsp3) is 0.600. The average molecular weight is 400 g/mol. The summed E-state index contributed by atoms with van der Waals surface area (Å²) in [4.78, 5) is 23.4. The minimum absolute atomic E-state index is 0.0188. The van der Waals surface area contributed by atoms with E-state index in [9.17, 15) is 20.1 Å². The van der Waals surface area contributed by atoms with Crippen molar-refractivity contribution in [3.8, 4) is 0 Å². The average Bonchev–Trinajstić information content (AvgIpc) is 3.18. The van der Waals surface area contributed by atoms with Crippen LogP contribution in [0.5, 0.6) is 0 Å². The van der Waals surface area contributed by atoms with Crippen LogP contribution in [-0.4, -0.2) is 84.8 Å². The van der Waals surface area contributed by atoms with Gasteiger partial charge in [-0.1, -0.05) is 0 Å². The number of fused-ring (bicyclic) bond motifs is 1. The first-order chi connectivity index (χ1) is 13.3. The van der Waals surface area contributed by atoms with E-state index in [2.05, 4.69) is 20.3 Å². The topological polar surface area (TPSA) is 169 Å². The molecule has 1 saturated heterocycles. The predicted octanol–water partition coefficient (Wildman–Crippen LogP) is -2.09. The molecule has 0 aromatic carbocycles. The van der Waals surface area contributed by atoms with Crippen LogP contribution in [0.2, 0.25) is 0 Å². The van der Waals surface area contributed by atoms with E-state index in [1.165, 1.54) is 17.2 Å². The normalized spacial score (nSPS) is 28.2. The van der Waals surface area contributed by atoms with Gasteiger partial charge in [-0.15, -0.1) is 0 Å². The number of carboxylic acid groups (broad SMARTS) is 1. The van der Waals surface area contributed by atoms with Crippen molar-refractivity contribution >= 4 is 34.6 Å². The molecule has 0 spiro atoms. The van der Waals surface area contributed by atoms with Crippen molar-refractivity contribution in [1.29, 1.82) is 1.12 Å². The Morgan fingerprint density at radius 3 is 2.96 bits per heavy atom. The first-order valence-corrected chi connectivity index (χ1v) is 9.73. The second-order valence-electron chi connectivity index (χ2n) is 6.21. The minimum Gasteiger partial charge on any atom is -0.480 e. The van der Waals surface area contributed by atoms with Gasteiger partial charge in [-0.3, -0.25) is 9.36 Å². The minimum atomic E-state index is -1.27. The highest BCUT2D eigenvalue weighted by molar-refractivity contribution is 7.77. The van der Waals surface area contributed by atoms with Crippen molar-refractivity contribution in [3.63, 3.8) is 0 Å². The van der Waals surface area contributed by atoms with Crippen LogP contribution >= 0.6 is 0 Å². The molecule has 2 aromatic heterocycles. The van der Waals surface area contributed by atoms with E-state index in [1.807, 2.05) is 0 Å². The van der Waals surface area contributed by atoms with Crippen molar-refractivity contribution in [1.82, 2.24) is 24.8 Å². The van der Waals surface area contributed by atoms with E-state index in [4.69, 9.17) is 11.6 Å². The van der Waals surface area contributed by atoms with Crippen LogP contribution in [0, 0.1) is 0 Å². The molecule has 6 atom stereocenters. The number of nitrogens with one attached hydrogen (secondary N) is 1. The van der Waals surface area contributed by atoms with Crippen LogP contribution in [0.15, 0.2) is 12.7 Å². The van der Waals surface area contributed by atoms with Gasteiger partial charge in [0.25, 0.3) is 0 Å². The second-order valence-corrected chi connectivity index (χ2v) is 7.20. The van der Waals surface area contributed by atoms with E-state index >= 15 is 0 Å². The number of aliphatic carboxylic acids is 1. The molecule has 3 heterocycles. The number of aliphatic hydroxyl groups excluding tert-OH is 2. The third kappa shape index (κ3) is 3.99. The van der Waals surface area contributed by atoms with E-state index in [0.717, 1.165) is 0 Å². The highest BCUT2D eigenvalue weighted by Gasteiger charge is 2.44. The summed E-state index contributed by atoms with van der Waals surface area (Å²) in [5, 5.41) is 32.9. The summed E-state index contributed by atoms with van der Waals surface area (Å²) in [6, 6.07) is -0.867. The monoisotopic (exact) mass is 400 g/mol. The van der Waals surface area contributed by atoms with Gasteiger partial charge in [0.05, 0.1) is 12.6 Å². The Balaban J connectivity index is 1.69. The molecule has 0 aliphatic carbocycles. The quantitative estimate of drug-likeness (QED) is 0.244. The highest BCUT2D eigenvalue weighted by Crippen LogP contribution is 2.31. The summed E-state index contributed by atoms with van der Waals surface area (Å²) in [5.74, 6) is -0.405. The maximum atomic E-state index is 11.4. The van der Waals surface area contributed by atoms with Crippen LogP contribution < -0.4 is 11.1 Å². The summed E-state index contributed by atoms with van der Waals surface area (Å²) in [5.41, 5.74) is 6.46. The number of aromatic nitrogens is 4. The molecule has 1 aliphatic rings. The lowest BCUT2D eigenvalue weighted by Gasteiger charge is -2.18. The van der Waals surface area contributed by atoms with E-state index < -0.39 is 48.2 Å². The SMILES string of the molecule is [2H][S+](C)CC[C@H](NC[C@H]1O[C@@H](n2cnc3c(N)ncnc32)[C@H](O)[C@@H]1O)C(=O)O. The van der Waals surface area contributed by atoms with Crippen LogP contribution in [0.1, 0.15) is 12.6 Å². The van der Waals surface area contributed by atoms with E-state index in [0.29, 0.717) is 16.9 Å². The van der Waals surface area contributed by atoms with Crippen molar-refractivity contribution in [3.05, 3.63) is 12.7 Å². The molecule has 1 aliphatic heterocycles. The van der Waals surface area contributed by atoms with Gasteiger partial charge in [0.15, 0.2) is 17.7 Å². The number of rotatable bonds is 8. The van der Waals surface area contributed by atoms with Gasteiger partial charge in [0, 0.05) is 13.0 Å². The molecule has 148 valence electrons. The molecule has 1 unspecified atom stereocenters. The lowest BCUT2D eigenvalue weighted by molar-refractivity contribution is -0.139. The maximum Gasteiger partial charge on any atom is 0.358 e. The number of carboxylic acids is 1. The van der Waals surface area contributed by atoms with Gasteiger partial charge in [-0.05, 0) is 11.7 Å². The number of hydrogen-bond donors (Lipinski definition) is 5. The van der Waals surface area contributed by atoms with Crippen LogP contribution in [0.3, 0.4) is 0 Å². The fourth-order valence-corrected chi connectivity index (χ4v) is 3.46. The number of nitrogens with zero attached hydrogens (tertiary/aromatic N) is 4. The molecule has 6 N–H and O–H groups in total. The smallest absolute Gasteiger partial charge is 0.358 e. The number of nitrogen functional groups attached to an aromatic ring is 1. The molecular formula is C15H23N6O5S+. The van der Waals surface area contributed by atoms with Crippen LogP contribution in [0.25, 0.3) is 11.2 Å². The summed E-state index contributed by atoms with van der Waals surface area (Å²) in [6.07, 6.45) is 0.360. The largest absolute Gasteiger partial charge is 0.480 e. The summed E-state index contributed by atoms with van der Waals surface area (Å²) < 4.78 is 14.8. The lowest BCUT2D eigenvalue weighted by atomic mass is 10.1. The molecule has 0 bridgehead atoms. The zero-order valence-corrected chi connectivity index (χ0v) is 15.4. The third-order valence-corrected chi connectivity index (χ3v) is 5.12. The first-order valence-electron chi connectivity index (χ1n) is 8.74. The number of nitrogens with two attached hydrogens (primary N) is 1. The Morgan fingerprint density at radius 2 is 2.26 bits per heavy atom. The third-order valence-electron chi connectivity index (χ3n) is 4.47. The zero-order valence-electron chi connectivity index (χ0n) is 15.6. The predicted molar refractivity (Wildman–Crippen MR) is 99.3 cm³/mol. The van der Waals surface area contributed by atoms with Gasteiger partial charge in [-0.2, -0.15) is 0 Å². The standard InChI is InChI=1S/C15H22N6O5S/c1-27-3-2-7(15(24)25)17-4-8-10(22)11(23)14(26-8)21-6-20-9-12(16)18-5-19-13(9)21/h5-8,10-11,14,17,22-23H,2-4H2,1H3,(H,24,25)(H2,16,18,19)/p+1/t7-,8+,10+,11+,14+/m0/s1/i/hD. The maximum absolute atomic E-state index is 11.4.